The number of hydrogen-bond acceptors (Lipinski definition) is 3. The third kappa shape index (κ3) is 2.90. The molecule has 3 nitrogen and oxygen atoms in total. The number of thiophene rings is 1. The average molecular weight is 270 g/mol. The molecule has 2 rings (SSSR count). The van der Waals surface area contributed by atoms with Crippen LogP contribution in [0, 0.1) is 0 Å². The standard InChI is InChI=1S/C12H12ClNO2S/c1-14(6-4-9-3-2-8-17-9)12(15)10-5-7-16-11(10)13/h2-3,5,7-8H,4,6H2,1H3. The molecule has 0 radical (unpaired) electrons. The number of amides is 1. The smallest absolute Gasteiger partial charge is 0.258 e. The van der Waals surface area contributed by atoms with Gasteiger partial charge < -0.3 is 9.32 Å². The molecule has 90 valence electrons. The summed E-state index contributed by atoms with van der Waals surface area (Å²) in [4.78, 5) is 14.9. The summed E-state index contributed by atoms with van der Waals surface area (Å²) in [6.07, 6.45) is 2.28. The quantitative estimate of drug-likeness (QED) is 0.853. The number of nitrogens with zero attached hydrogens (tertiary/aromatic N) is 1. The van der Waals surface area contributed by atoms with Gasteiger partial charge in [0, 0.05) is 18.5 Å². The molecule has 0 aliphatic heterocycles. The molecular formula is C12H12ClNO2S. The van der Waals surface area contributed by atoms with Gasteiger partial charge in [-0.15, -0.1) is 11.3 Å². The maximum Gasteiger partial charge on any atom is 0.258 e. The minimum Gasteiger partial charge on any atom is -0.452 e. The highest BCUT2D eigenvalue weighted by molar-refractivity contribution is 7.09. The van der Waals surface area contributed by atoms with E-state index in [1.165, 1.54) is 11.1 Å². The first-order valence-corrected chi connectivity index (χ1v) is 6.45. The molecule has 0 atom stereocenters. The van der Waals surface area contributed by atoms with Crippen LogP contribution in [0.5, 0.6) is 0 Å². The molecule has 17 heavy (non-hydrogen) atoms. The van der Waals surface area contributed by atoms with Crippen molar-refractivity contribution in [1.82, 2.24) is 4.90 Å². The highest BCUT2D eigenvalue weighted by atomic mass is 35.5. The van der Waals surface area contributed by atoms with E-state index in [9.17, 15) is 4.79 Å². The topological polar surface area (TPSA) is 33.5 Å². The van der Waals surface area contributed by atoms with Crippen LogP contribution in [0.4, 0.5) is 0 Å². The molecular weight excluding hydrogens is 258 g/mol. The predicted molar refractivity (Wildman–Crippen MR) is 68.7 cm³/mol. The first kappa shape index (κ1) is 12.2. The van der Waals surface area contributed by atoms with E-state index in [4.69, 9.17) is 16.0 Å². The first-order chi connectivity index (χ1) is 8.18. The highest BCUT2D eigenvalue weighted by Crippen LogP contribution is 2.18. The summed E-state index contributed by atoms with van der Waals surface area (Å²) in [5, 5.41) is 2.18. The summed E-state index contributed by atoms with van der Waals surface area (Å²) < 4.78 is 4.91. The van der Waals surface area contributed by atoms with Gasteiger partial charge in [0.1, 0.15) is 0 Å². The zero-order valence-electron chi connectivity index (χ0n) is 9.35. The Hall–Kier alpha value is -1.26. The highest BCUT2D eigenvalue weighted by Gasteiger charge is 2.17. The second-order valence-corrected chi connectivity index (χ2v) is 5.04. The van der Waals surface area contributed by atoms with Gasteiger partial charge in [-0.2, -0.15) is 0 Å². The van der Waals surface area contributed by atoms with Crippen molar-refractivity contribution in [3.05, 3.63) is 45.5 Å². The van der Waals surface area contributed by atoms with Crippen LogP contribution in [0.25, 0.3) is 0 Å². The van der Waals surface area contributed by atoms with Crippen LogP contribution in [0.1, 0.15) is 15.2 Å². The van der Waals surface area contributed by atoms with E-state index in [0.717, 1.165) is 6.42 Å². The van der Waals surface area contributed by atoms with Gasteiger partial charge in [0.2, 0.25) is 5.22 Å². The van der Waals surface area contributed by atoms with Crippen LogP contribution in [0.3, 0.4) is 0 Å². The summed E-state index contributed by atoms with van der Waals surface area (Å²) in [6.45, 7) is 0.668. The van der Waals surface area contributed by atoms with Crippen molar-refractivity contribution >= 4 is 28.8 Å². The molecule has 0 saturated heterocycles. The predicted octanol–water partition coefficient (Wildman–Crippen LogP) is 3.31. The second-order valence-electron chi connectivity index (χ2n) is 3.66. The molecule has 0 aliphatic carbocycles. The van der Waals surface area contributed by atoms with Crippen LogP contribution in [0.2, 0.25) is 5.22 Å². The summed E-state index contributed by atoms with van der Waals surface area (Å²) in [7, 11) is 1.76. The maximum absolute atomic E-state index is 12.0. The van der Waals surface area contributed by atoms with Crippen LogP contribution < -0.4 is 0 Å². The van der Waals surface area contributed by atoms with Crippen LogP contribution in [-0.4, -0.2) is 24.4 Å². The van der Waals surface area contributed by atoms with Gasteiger partial charge >= 0.3 is 0 Å². The Kier molecular flexibility index (Phi) is 3.86. The SMILES string of the molecule is CN(CCc1cccs1)C(=O)c1ccoc1Cl. The molecule has 5 heteroatoms. The number of halogens is 1. The Labute approximate surface area is 109 Å². The number of rotatable bonds is 4. The summed E-state index contributed by atoms with van der Waals surface area (Å²) in [6, 6.07) is 5.66. The van der Waals surface area contributed by atoms with Crippen molar-refractivity contribution in [1.29, 1.82) is 0 Å². The Morgan fingerprint density at radius 3 is 2.94 bits per heavy atom. The third-order valence-corrected chi connectivity index (χ3v) is 3.70. The molecule has 0 spiro atoms. The molecule has 0 aromatic carbocycles. The fourth-order valence-electron chi connectivity index (χ4n) is 1.49. The van der Waals surface area contributed by atoms with Crippen molar-refractivity contribution in [3.8, 4) is 0 Å². The molecule has 2 aromatic rings. The van der Waals surface area contributed by atoms with E-state index in [0.29, 0.717) is 12.1 Å². The molecule has 0 aliphatic rings. The third-order valence-electron chi connectivity index (χ3n) is 2.47. The van der Waals surface area contributed by atoms with Crippen molar-refractivity contribution in [2.24, 2.45) is 0 Å². The Morgan fingerprint density at radius 2 is 2.35 bits per heavy atom. The van der Waals surface area contributed by atoms with Crippen molar-refractivity contribution in [3.63, 3.8) is 0 Å². The molecule has 1 amide bonds. The minimum atomic E-state index is -0.111. The lowest BCUT2D eigenvalue weighted by atomic mass is 10.2. The molecule has 0 N–H and O–H groups in total. The molecule has 0 unspecified atom stereocenters. The monoisotopic (exact) mass is 269 g/mol. The van der Waals surface area contributed by atoms with Gasteiger partial charge in [0.15, 0.2) is 0 Å². The van der Waals surface area contributed by atoms with E-state index >= 15 is 0 Å². The van der Waals surface area contributed by atoms with Gasteiger partial charge in [0.05, 0.1) is 11.8 Å². The lowest BCUT2D eigenvalue weighted by Gasteiger charge is -2.15. The van der Waals surface area contributed by atoms with Crippen LogP contribution in [-0.2, 0) is 6.42 Å². The van der Waals surface area contributed by atoms with Gasteiger partial charge in [-0.25, -0.2) is 0 Å². The fraction of sp³-hybridized carbons (Fsp3) is 0.250. The molecule has 0 fully saturated rings. The van der Waals surface area contributed by atoms with E-state index in [-0.39, 0.29) is 11.1 Å². The molecule has 2 aromatic heterocycles. The lowest BCUT2D eigenvalue weighted by molar-refractivity contribution is 0.0796. The van der Waals surface area contributed by atoms with Crippen molar-refractivity contribution in [2.75, 3.05) is 13.6 Å². The summed E-state index contributed by atoms with van der Waals surface area (Å²) in [5.74, 6) is -0.111. The molecule has 2 heterocycles. The van der Waals surface area contributed by atoms with E-state index in [1.54, 1.807) is 29.4 Å². The first-order valence-electron chi connectivity index (χ1n) is 5.19. The molecule has 0 bridgehead atoms. The fourth-order valence-corrected chi connectivity index (χ4v) is 2.38. The number of likely N-dealkylation sites (N-methyl/N-ethyl adjacent to an activating group) is 1. The largest absolute Gasteiger partial charge is 0.452 e. The zero-order valence-corrected chi connectivity index (χ0v) is 10.9. The lowest BCUT2D eigenvalue weighted by Crippen LogP contribution is -2.28. The number of carbonyl (C=O) groups excluding carboxylic acids is 1. The molecule has 0 saturated carbocycles. The van der Waals surface area contributed by atoms with Crippen LogP contribution >= 0.6 is 22.9 Å². The van der Waals surface area contributed by atoms with Crippen molar-refractivity contribution in [2.45, 2.75) is 6.42 Å². The summed E-state index contributed by atoms with van der Waals surface area (Å²) in [5.41, 5.74) is 0.417. The normalized spacial score (nSPS) is 10.5. The second kappa shape index (κ2) is 5.38. The van der Waals surface area contributed by atoms with Crippen molar-refractivity contribution < 1.29 is 9.21 Å². The maximum atomic E-state index is 12.0. The minimum absolute atomic E-state index is 0.111. The average Bonchev–Trinajstić information content (AvgIpc) is 2.95. The Balaban J connectivity index is 1.94. The van der Waals surface area contributed by atoms with E-state index < -0.39 is 0 Å². The van der Waals surface area contributed by atoms with E-state index in [2.05, 4.69) is 6.07 Å². The van der Waals surface area contributed by atoms with Gasteiger partial charge in [-0.1, -0.05) is 6.07 Å². The van der Waals surface area contributed by atoms with Gasteiger partial charge in [-0.05, 0) is 35.5 Å². The van der Waals surface area contributed by atoms with E-state index in [1.807, 2.05) is 11.4 Å². The number of hydrogen-bond donors (Lipinski definition) is 0. The summed E-state index contributed by atoms with van der Waals surface area (Å²) >= 11 is 7.46. The Bertz CT molecular complexity index is 492. The number of carbonyl (C=O) groups is 1. The Morgan fingerprint density at radius 1 is 1.53 bits per heavy atom. The zero-order chi connectivity index (χ0) is 12.3. The van der Waals surface area contributed by atoms with Gasteiger partial charge in [-0.3, -0.25) is 4.79 Å². The van der Waals surface area contributed by atoms with Crippen LogP contribution in [0.15, 0.2) is 34.3 Å². The van der Waals surface area contributed by atoms with Gasteiger partial charge in [0.25, 0.3) is 5.91 Å². The number of furan rings is 1.